The van der Waals surface area contributed by atoms with Gasteiger partial charge in [0, 0.05) is 26.4 Å². The van der Waals surface area contributed by atoms with Gasteiger partial charge in [-0.1, -0.05) is 24.4 Å². The van der Waals surface area contributed by atoms with E-state index in [1.807, 2.05) is 13.8 Å². The van der Waals surface area contributed by atoms with Gasteiger partial charge in [-0.05, 0) is 33.1 Å². The molecule has 0 N–H and O–H groups in total. The molecule has 0 spiro atoms. The summed E-state index contributed by atoms with van der Waals surface area (Å²) in [6.45, 7) is 12.1. The van der Waals surface area contributed by atoms with Crippen LogP contribution in [-0.4, -0.2) is 57.5 Å². The van der Waals surface area contributed by atoms with Crippen molar-refractivity contribution >= 4 is 31.1 Å². The Labute approximate surface area is 127 Å². The highest BCUT2D eigenvalue weighted by molar-refractivity contribution is 6.27. The molecule has 0 aliphatic carbocycles. The summed E-state index contributed by atoms with van der Waals surface area (Å²) in [6, 6.07) is 0. The highest BCUT2D eigenvalue weighted by Crippen LogP contribution is 2.02. The summed E-state index contributed by atoms with van der Waals surface area (Å²) in [4.78, 5) is 0. The Kier molecular flexibility index (Phi) is 27.2. The first-order valence-electron chi connectivity index (χ1n) is 7.27. The molecule has 0 amide bonds. The predicted molar refractivity (Wildman–Crippen MR) is 80.4 cm³/mol. The third-order valence-electron chi connectivity index (χ3n) is 1.98. The molecule has 0 bridgehead atoms. The average molecular weight is 288 g/mol. The zero-order valence-corrected chi connectivity index (χ0v) is 15.1. The molecule has 1 aliphatic rings. The van der Waals surface area contributed by atoms with Crippen LogP contribution in [0.25, 0.3) is 0 Å². The van der Waals surface area contributed by atoms with Crippen molar-refractivity contribution in [2.75, 3.05) is 26.4 Å². The van der Waals surface area contributed by atoms with Crippen LogP contribution in [0.3, 0.4) is 0 Å². The van der Waals surface area contributed by atoms with E-state index in [4.69, 9.17) is 12.3 Å². The Balaban J connectivity index is 0. The summed E-state index contributed by atoms with van der Waals surface area (Å²) in [5.41, 5.74) is 0. The molecular formula is C13H30Al2O3. The van der Waals surface area contributed by atoms with Crippen LogP contribution in [0.4, 0.5) is 0 Å². The number of hydrogen-bond donors (Lipinski definition) is 0. The second kappa shape index (κ2) is 23.1. The SMILES string of the molecule is C1CCOCC1.CC[O][Al][CH2]C.CC[O][Al][CH2]C. The van der Waals surface area contributed by atoms with Crippen molar-refractivity contribution in [3.05, 3.63) is 0 Å². The molecule has 0 aromatic heterocycles. The van der Waals surface area contributed by atoms with Crippen molar-refractivity contribution in [1.29, 1.82) is 0 Å². The second-order valence-corrected chi connectivity index (χ2v) is 6.70. The molecule has 0 saturated carbocycles. The predicted octanol–water partition coefficient (Wildman–Crippen LogP) is 3.35. The lowest BCUT2D eigenvalue weighted by molar-refractivity contribution is 0.0968. The molecule has 0 aromatic rings. The largest absolute Gasteiger partial charge is 0.507 e. The van der Waals surface area contributed by atoms with E-state index in [-0.39, 0.29) is 0 Å². The minimum absolute atomic E-state index is 0.318. The van der Waals surface area contributed by atoms with Gasteiger partial charge in [-0.3, -0.25) is 0 Å². The third kappa shape index (κ3) is 25.7. The van der Waals surface area contributed by atoms with Crippen LogP contribution >= 0.6 is 0 Å². The average Bonchev–Trinajstić information content (AvgIpc) is 2.46. The van der Waals surface area contributed by atoms with Crippen molar-refractivity contribution in [1.82, 2.24) is 0 Å². The van der Waals surface area contributed by atoms with Crippen molar-refractivity contribution < 1.29 is 12.3 Å². The highest BCUT2D eigenvalue weighted by atomic mass is 27.1. The summed E-state index contributed by atoms with van der Waals surface area (Å²) in [5.74, 6) is 0. The minimum atomic E-state index is 0.318. The Hall–Kier alpha value is 0.945. The summed E-state index contributed by atoms with van der Waals surface area (Å²) in [7, 11) is 0. The molecule has 1 saturated heterocycles. The van der Waals surface area contributed by atoms with Crippen molar-refractivity contribution in [2.24, 2.45) is 0 Å². The van der Waals surface area contributed by atoms with E-state index in [1.54, 1.807) is 0 Å². The van der Waals surface area contributed by atoms with Crippen LogP contribution in [0, 0.1) is 0 Å². The number of hydrogen-bond acceptors (Lipinski definition) is 3. The molecule has 1 aliphatic heterocycles. The zero-order valence-electron chi connectivity index (χ0n) is 12.7. The van der Waals surface area contributed by atoms with Crippen LogP contribution in [0.5, 0.6) is 0 Å². The molecule has 1 rings (SSSR count). The molecule has 0 unspecified atom stereocenters. The van der Waals surface area contributed by atoms with E-state index in [0.29, 0.717) is 31.1 Å². The molecule has 106 valence electrons. The minimum Gasteiger partial charge on any atom is -0.507 e. The highest BCUT2D eigenvalue weighted by Gasteiger charge is 1.95. The molecule has 0 aromatic carbocycles. The molecule has 18 heavy (non-hydrogen) atoms. The van der Waals surface area contributed by atoms with Gasteiger partial charge in [0.2, 0.25) is 0 Å². The van der Waals surface area contributed by atoms with Gasteiger partial charge in [0.05, 0.1) is 0 Å². The van der Waals surface area contributed by atoms with Gasteiger partial charge in [0.15, 0.2) is 0 Å². The lowest BCUT2D eigenvalue weighted by Crippen LogP contribution is -2.03. The van der Waals surface area contributed by atoms with E-state index in [2.05, 4.69) is 13.8 Å². The number of rotatable bonds is 6. The standard InChI is InChI=1S/C5H10O.2C2H5O.2C2H5.2Al/c1-2-4-6-5-3-1;2*1-2-3;2*1-2;;/h1-5H2;2*2H2,1H3;2*1H2,2H3;;/q;2*-1;;;2*+1. The van der Waals surface area contributed by atoms with Crippen molar-refractivity contribution in [3.63, 3.8) is 0 Å². The van der Waals surface area contributed by atoms with E-state index < -0.39 is 0 Å². The van der Waals surface area contributed by atoms with Gasteiger partial charge in [-0.15, -0.1) is 0 Å². The van der Waals surface area contributed by atoms with Crippen LogP contribution in [0.1, 0.15) is 47.0 Å². The fraction of sp³-hybridized carbons (Fsp3) is 1.00. The molecule has 1 heterocycles. The molecule has 1 fully saturated rings. The fourth-order valence-electron chi connectivity index (χ4n) is 1.16. The fourth-order valence-corrected chi connectivity index (χ4v) is 2.10. The second-order valence-electron chi connectivity index (χ2n) is 3.73. The van der Waals surface area contributed by atoms with E-state index in [9.17, 15) is 0 Å². The Morgan fingerprint density at radius 2 is 1.22 bits per heavy atom. The maximum atomic E-state index is 5.07. The summed E-state index contributed by atoms with van der Waals surface area (Å²) < 4.78 is 15.2. The first-order valence-corrected chi connectivity index (χ1v) is 9.85. The lowest BCUT2D eigenvalue weighted by Gasteiger charge is -2.08. The topological polar surface area (TPSA) is 27.7 Å². The van der Waals surface area contributed by atoms with Gasteiger partial charge >= 0.3 is 31.1 Å². The maximum absolute atomic E-state index is 5.07. The van der Waals surface area contributed by atoms with E-state index in [0.717, 1.165) is 26.4 Å². The molecular weight excluding hydrogens is 258 g/mol. The van der Waals surface area contributed by atoms with E-state index in [1.165, 1.54) is 29.8 Å². The molecule has 0 atom stereocenters. The quantitative estimate of drug-likeness (QED) is 0.554. The van der Waals surface area contributed by atoms with Gasteiger partial charge in [-0.2, -0.15) is 0 Å². The van der Waals surface area contributed by atoms with Crippen LogP contribution in [0.15, 0.2) is 0 Å². The first-order chi connectivity index (χ1) is 8.83. The summed E-state index contributed by atoms with van der Waals surface area (Å²) in [5, 5.41) is 2.43. The van der Waals surface area contributed by atoms with Crippen LogP contribution in [0.2, 0.25) is 10.6 Å². The van der Waals surface area contributed by atoms with Gasteiger partial charge in [0.25, 0.3) is 0 Å². The Morgan fingerprint density at radius 3 is 1.33 bits per heavy atom. The zero-order chi connectivity index (χ0) is 13.9. The third-order valence-corrected chi connectivity index (χ3v) is 3.78. The Bertz CT molecular complexity index is 95.3. The van der Waals surface area contributed by atoms with Gasteiger partial charge in [0.1, 0.15) is 0 Å². The van der Waals surface area contributed by atoms with Crippen LogP contribution in [-0.2, 0) is 12.3 Å². The van der Waals surface area contributed by atoms with E-state index >= 15 is 0 Å². The van der Waals surface area contributed by atoms with Gasteiger partial charge in [-0.25, -0.2) is 0 Å². The number of ether oxygens (including phenoxy) is 1. The Morgan fingerprint density at radius 1 is 0.778 bits per heavy atom. The lowest BCUT2D eigenvalue weighted by atomic mass is 10.2. The van der Waals surface area contributed by atoms with Gasteiger partial charge < -0.3 is 12.3 Å². The normalized spacial score (nSPS) is 13.6. The molecule has 5 heteroatoms. The molecule has 3 nitrogen and oxygen atoms in total. The molecule has 2 radical (unpaired) electrons. The summed E-state index contributed by atoms with van der Waals surface area (Å²) in [6.07, 6.45) is 3.93. The van der Waals surface area contributed by atoms with Crippen molar-refractivity contribution in [3.8, 4) is 0 Å². The monoisotopic (exact) mass is 288 g/mol. The summed E-state index contributed by atoms with van der Waals surface area (Å²) >= 11 is 0.637. The smallest absolute Gasteiger partial charge is 0.423 e. The van der Waals surface area contributed by atoms with Crippen molar-refractivity contribution in [2.45, 2.75) is 57.5 Å². The van der Waals surface area contributed by atoms with Crippen LogP contribution < -0.4 is 0 Å². The maximum Gasteiger partial charge on any atom is 0.423 e. The first kappa shape index (κ1) is 21.2.